The monoisotopic (exact) mass is 1040 g/mol. The molecule has 9 aromatic carbocycles. The highest BCUT2D eigenvalue weighted by atomic mass is 15.2. The third-order valence-electron chi connectivity index (χ3n) is 20.9. The smallest absolute Gasteiger partial charge is 0.333 e. The van der Waals surface area contributed by atoms with Gasteiger partial charge in [-0.2, -0.15) is 0 Å². The molecule has 396 valence electrons. The number of anilines is 8. The van der Waals surface area contributed by atoms with E-state index >= 15 is 0 Å². The van der Waals surface area contributed by atoms with E-state index in [2.05, 4.69) is 280 Å². The summed E-state index contributed by atoms with van der Waals surface area (Å²) in [5, 5.41) is 0. The van der Waals surface area contributed by atoms with Crippen LogP contribution in [0.15, 0.2) is 182 Å². The van der Waals surface area contributed by atoms with Crippen molar-refractivity contribution >= 4 is 63.3 Å². The van der Waals surface area contributed by atoms with E-state index in [1.54, 1.807) is 0 Å². The molecule has 0 radical (unpaired) electrons. The van der Waals surface area contributed by atoms with Gasteiger partial charge in [-0.1, -0.05) is 180 Å². The van der Waals surface area contributed by atoms with Crippen LogP contribution in [0.4, 0.5) is 45.5 Å². The van der Waals surface area contributed by atoms with Gasteiger partial charge in [-0.05, 0) is 216 Å². The number of hydrogen-bond donors (Lipinski definition) is 0. The maximum Gasteiger partial charge on any atom is 0.333 e. The summed E-state index contributed by atoms with van der Waals surface area (Å²) in [6.45, 7) is 29.7. The van der Waals surface area contributed by atoms with Crippen molar-refractivity contribution in [3.63, 3.8) is 0 Å². The van der Waals surface area contributed by atoms with Gasteiger partial charge in [0.15, 0.2) is 0 Å². The SMILES string of the molecule is CC1(C)CCC(C)(C)c2cc(N3c4cc5c(cc4B4c6c3cc3c(c6-c6cc7c(cc6N4c4ccccc4)C(C)(C)c4ccc(N(c6ccccc6)c6ccccc6)cc4-7)C(C)(C)c4ccccc4-3)C(C)(C)CCC5(C)C)ccc21. The van der Waals surface area contributed by atoms with Crippen LogP contribution in [0.5, 0.6) is 0 Å². The zero-order valence-corrected chi connectivity index (χ0v) is 49.1. The van der Waals surface area contributed by atoms with Crippen molar-refractivity contribution in [3.8, 4) is 33.4 Å². The topological polar surface area (TPSA) is 9.72 Å². The van der Waals surface area contributed by atoms with E-state index in [1.807, 2.05) is 0 Å². The number of fused-ring (bicyclic) bond motifs is 13. The van der Waals surface area contributed by atoms with Gasteiger partial charge >= 0.3 is 6.85 Å². The fourth-order valence-corrected chi connectivity index (χ4v) is 16.2. The van der Waals surface area contributed by atoms with Crippen molar-refractivity contribution in [3.05, 3.63) is 226 Å². The van der Waals surface area contributed by atoms with Crippen molar-refractivity contribution in [2.45, 2.75) is 141 Å². The predicted molar refractivity (Wildman–Crippen MR) is 341 cm³/mol. The lowest BCUT2D eigenvalue weighted by atomic mass is 9.42. The summed E-state index contributed by atoms with van der Waals surface area (Å²) >= 11 is 0. The van der Waals surface area contributed by atoms with Crippen molar-refractivity contribution in [2.24, 2.45) is 0 Å². The first-order valence-corrected chi connectivity index (χ1v) is 29.7. The Morgan fingerprint density at radius 3 is 1.52 bits per heavy atom. The van der Waals surface area contributed by atoms with Crippen LogP contribution in [0.3, 0.4) is 0 Å². The molecule has 80 heavy (non-hydrogen) atoms. The summed E-state index contributed by atoms with van der Waals surface area (Å²) < 4.78 is 0. The first kappa shape index (κ1) is 49.5. The zero-order valence-electron chi connectivity index (χ0n) is 49.1. The number of para-hydroxylation sites is 3. The summed E-state index contributed by atoms with van der Waals surface area (Å²) in [6, 6.07) is 70.7. The van der Waals surface area contributed by atoms with Crippen molar-refractivity contribution in [2.75, 3.05) is 14.6 Å². The van der Waals surface area contributed by atoms with E-state index in [0.29, 0.717) is 0 Å². The molecule has 4 heteroatoms. The minimum atomic E-state index is -0.281. The molecule has 0 fully saturated rings. The van der Waals surface area contributed by atoms with Crippen LogP contribution in [0.25, 0.3) is 33.4 Å². The van der Waals surface area contributed by atoms with Gasteiger partial charge in [0, 0.05) is 61.9 Å². The van der Waals surface area contributed by atoms with Gasteiger partial charge < -0.3 is 14.6 Å². The van der Waals surface area contributed by atoms with E-state index in [4.69, 9.17) is 0 Å². The van der Waals surface area contributed by atoms with Gasteiger partial charge in [-0.15, -0.1) is 0 Å². The Morgan fingerprint density at radius 1 is 0.350 bits per heavy atom. The maximum absolute atomic E-state index is 2.78. The lowest BCUT2D eigenvalue weighted by molar-refractivity contribution is 0.332. The van der Waals surface area contributed by atoms with Crippen LogP contribution in [-0.2, 0) is 32.5 Å². The summed E-state index contributed by atoms with van der Waals surface area (Å²) in [6.07, 6.45) is 4.66. The molecule has 0 unspecified atom stereocenters. The van der Waals surface area contributed by atoms with Crippen LogP contribution in [-0.4, -0.2) is 6.85 Å². The van der Waals surface area contributed by atoms with Crippen LogP contribution in [0.1, 0.15) is 153 Å². The Morgan fingerprint density at radius 2 is 0.875 bits per heavy atom. The second-order valence-electron chi connectivity index (χ2n) is 28.2. The van der Waals surface area contributed by atoms with Gasteiger partial charge in [0.1, 0.15) is 0 Å². The molecule has 3 nitrogen and oxygen atoms in total. The van der Waals surface area contributed by atoms with E-state index in [-0.39, 0.29) is 39.3 Å². The van der Waals surface area contributed by atoms with Gasteiger partial charge in [0.25, 0.3) is 0 Å². The number of benzene rings is 9. The molecule has 0 saturated carbocycles. The molecule has 4 aliphatic carbocycles. The average molecular weight is 1040 g/mol. The summed E-state index contributed by atoms with van der Waals surface area (Å²) in [5.74, 6) is 0. The second kappa shape index (κ2) is 16.5. The zero-order chi connectivity index (χ0) is 55.2. The summed E-state index contributed by atoms with van der Waals surface area (Å²) in [4.78, 5) is 7.95. The third kappa shape index (κ3) is 6.80. The molecule has 0 saturated heterocycles. The van der Waals surface area contributed by atoms with Gasteiger partial charge in [0.2, 0.25) is 0 Å². The Kier molecular flexibility index (Phi) is 10.2. The average Bonchev–Trinajstić information content (AvgIpc) is 3.42. The molecule has 0 spiro atoms. The minimum absolute atomic E-state index is 0.00699. The molecule has 2 heterocycles. The second-order valence-corrected chi connectivity index (χ2v) is 28.2. The lowest BCUT2D eigenvalue weighted by Crippen LogP contribution is -2.62. The van der Waals surface area contributed by atoms with Crippen LogP contribution in [0, 0.1) is 0 Å². The molecule has 0 bridgehead atoms. The normalized spacial score (nSPS) is 18.8. The Hall–Kier alpha value is -7.56. The Balaban J connectivity index is 1.08. The largest absolute Gasteiger partial charge is 0.376 e. The van der Waals surface area contributed by atoms with Crippen molar-refractivity contribution < 1.29 is 0 Å². The Labute approximate surface area is 476 Å². The molecule has 0 amide bonds. The summed E-state index contributed by atoms with van der Waals surface area (Å²) in [7, 11) is 0. The van der Waals surface area contributed by atoms with Gasteiger partial charge in [0.05, 0.1) is 0 Å². The fraction of sp³-hybridized carbons (Fsp3) is 0.289. The van der Waals surface area contributed by atoms with Crippen LogP contribution >= 0.6 is 0 Å². The van der Waals surface area contributed by atoms with E-state index in [0.717, 1.165) is 36.3 Å². The quantitative estimate of drug-likeness (QED) is 0.159. The van der Waals surface area contributed by atoms with Crippen LogP contribution in [0.2, 0.25) is 0 Å². The molecular weight excluding hydrogens is 966 g/mol. The first-order chi connectivity index (χ1) is 38.2. The van der Waals surface area contributed by atoms with Gasteiger partial charge in [-0.25, -0.2) is 0 Å². The molecule has 2 aliphatic heterocycles. The molecule has 0 atom stereocenters. The fourth-order valence-electron chi connectivity index (χ4n) is 16.2. The highest BCUT2D eigenvalue weighted by molar-refractivity contribution is 6.93. The molecule has 0 aromatic heterocycles. The molecular formula is C76H74BN3. The third-order valence-corrected chi connectivity index (χ3v) is 20.9. The van der Waals surface area contributed by atoms with E-state index in [1.165, 1.54) is 124 Å². The molecule has 0 N–H and O–H groups in total. The standard InChI is InChI=1S/C76H74BN3/c1-71(2)36-37-72(3,4)61-41-51(33-35-59(61)71)79-66-46-63-62(73(5,6)38-39-74(63,7)8)44-64(66)77-70-67(79)43-55-52-30-22-23-31-57(52)76(11,12)69(55)68(70)56-42-54-53-40-50(78(47-24-16-13-17-25-47)48-26-18-14-19-27-48)32-34-58(53)75(9,10)60(54)45-65(56)80(77)49-28-20-15-21-29-49/h13-35,40-46H,36-39H2,1-12H3. The minimum Gasteiger partial charge on any atom is -0.376 e. The van der Waals surface area contributed by atoms with Crippen molar-refractivity contribution in [1.29, 1.82) is 0 Å². The molecule has 15 rings (SSSR count). The molecule has 6 aliphatic rings. The van der Waals surface area contributed by atoms with Crippen LogP contribution < -0.4 is 25.5 Å². The predicted octanol–water partition coefficient (Wildman–Crippen LogP) is 19.2. The highest BCUT2D eigenvalue weighted by Crippen LogP contribution is 2.62. The first-order valence-electron chi connectivity index (χ1n) is 29.7. The lowest BCUT2D eigenvalue weighted by Gasteiger charge is -2.49. The molecule has 9 aromatic rings. The van der Waals surface area contributed by atoms with E-state index < -0.39 is 0 Å². The maximum atomic E-state index is 2.78. The van der Waals surface area contributed by atoms with E-state index in [9.17, 15) is 0 Å². The number of rotatable bonds is 5. The Bertz CT molecular complexity index is 4040. The number of nitrogens with zero attached hydrogens (tertiary/aromatic N) is 3. The highest BCUT2D eigenvalue weighted by Gasteiger charge is 2.53. The number of hydrogen-bond acceptors (Lipinski definition) is 3. The van der Waals surface area contributed by atoms with Crippen molar-refractivity contribution in [1.82, 2.24) is 0 Å². The summed E-state index contributed by atoms with van der Waals surface area (Å²) in [5.41, 5.74) is 31.8. The van der Waals surface area contributed by atoms with Gasteiger partial charge in [-0.3, -0.25) is 0 Å².